The Kier molecular flexibility index (Phi) is 6.84. The lowest BCUT2D eigenvalue weighted by atomic mass is 9.97. The van der Waals surface area contributed by atoms with E-state index in [2.05, 4.69) is 19.9 Å². The van der Waals surface area contributed by atoms with Gasteiger partial charge in [0.25, 0.3) is 0 Å². The molecule has 0 amide bonds. The maximum absolute atomic E-state index is 13.6. The minimum absolute atomic E-state index is 0.0770. The Morgan fingerprint density at radius 1 is 1.05 bits per heavy atom. The van der Waals surface area contributed by atoms with Crippen LogP contribution in [0.5, 0.6) is 5.75 Å². The first-order valence-corrected chi connectivity index (χ1v) is 12.0. The van der Waals surface area contributed by atoms with Crippen LogP contribution < -0.4 is 15.8 Å². The number of hydrogen-bond donors (Lipinski definition) is 2. The lowest BCUT2D eigenvalue weighted by Crippen LogP contribution is -2.28. The smallest absolute Gasteiger partial charge is 0.416 e. The van der Waals surface area contributed by atoms with Crippen LogP contribution in [-0.4, -0.2) is 39.7 Å². The predicted molar refractivity (Wildman–Crippen MR) is 135 cm³/mol. The number of imidazole rings is 1. The van der Waals surface area contributed by atoms with Gasteiger partial charge in [-0.15, -0.1) is 0 Å². The number of aromatic nitrogens is 4. The second-order valence-corrected chi connectivity index (χ2v) is 9.00. The summed E-state index contributed by atoms with van der Waals surface area (Å²) in [6.45, 7) is 2.14. The number of rotatable bonds is 6. The Labute approximate surface area is 212 Å². The lowest BCUT2D eigenvalue weighted by molar-refractivity contribution is -0.137. The average molecular weight is 509 g/mol. The summed E-state index contributed by atoms with van der Waals surface area (Å²) < 4.78 is 48.2. The molecule has 0 unspecified atom stereocenters. The number of anilines is 1. The Hall–Kier alpha value is -3.92. The van der Waals surface area contributed by atoms with Crippen LogP contribution in [-0.2, 0) is 12.7 Å². The molecule has 0 radical (unpaired) electrons. The van der Waals surface area contributed by atoms with E-state index >= 15 is 0 Å². The van der Waals surface area contributed by atoms with E-state index in [0.717, 1.165) is 55.2 Å². The second kappa shape index (κ2) is 10.2. The summed E-state index contributed by atoms with van der Waals surface area (Å²) >= 11 is 0. The van der Waals surface area contributed by atoms with Gasteiger partial charge in [0.2, 0.25) is 5.95 Å². The maximum atomic E-state index is 13.6. The number of methoxy groups -OCH3 is 1. The molecule has 192 valence electrons. The predicted octanol–water partition coefficient (Wildman–Crippen LogP) is 5.13. The minimum atomic E-state index is -4.47. The molecule has 1 saturated heterocycles. The lowest BCUT2D eigenvalue weighted by Gasteiger charge is -2.24. The summed E-state index contributed by atoms with van der Waals surface area (Å²) in [5.74, 6) is 1.77. The maximum Gasteiger partial charge on any atom is 0.416 e. The van der Waals surface area contributed by atoms with Crippen molar-refractivity contribution in [3.63, 3.8) is 0 Å². The topological polar surface area (TPSA) is 90.9 Å². The van der Waals surface area contributed by atoms with Crippen LogP contribution in [0.3, 0.4) is 0 Å². The highest BCUT2D eigenvalue weighted by molar-refractivity contribution is 5.78. The van der Waals surface area contributed by atoms with Gasteiger partial charge in [0, 0.05) is 24.2 Å². The molecule has 37 heavy (non-hydrogen) atoms. The number of nitrogens with two attached hydrogens (primary N) is 1. The molecule has 4 aromatic rings. The zero-order valence-corrected chi connectivity index (χ0v) is 20.3. The number of nitrogen functional groups attached to an aromatic ring is 1. The molecule has 10 heteroatoms. The molecule has 1 fully saturated rings. The van der Waals surface area contributed by atoms with Crippen LogP contribution in [0, 0.1) is 0 Å². The number of halogens is 3. The van der Waals surface area contributed by atoms with E-state index in [9.17, 15) is 13.2 Å². The fourth-order valence-corrected chi connectivity index (χ4v) is 4.74. The van der Waals surface area contributed by atoms with Crippen molar-refractivity contribution >= 4 is 5.95 Å². The fraction of sp³-hybridized carbons (Fsp3) is 0.296. The Morgan fingerprint density at radius 3 is 2.49 bits per heavy atom. The molecule has 0 bridgehead atoms. The Morgan fingerprint density at radius 2 is 1.81 bits per heavy atom. The first-order valence-electron chi connectivity index (χ1n) is 12.0. The summed E-state index contributed by atoms with van der Waals surface area (Å²) in [5, 5.41) is 3.37. The van der Waals surface area contributed by atoms with Crippen LogP contribution >= 0.6 is 0 Å². The van der Waals surface area contributed by atoms with E-state index < -0.39 is 11.7 Å². The summed E-state index contributed by atoms with van der Waals surface area (Å²) in [6, 6.07) is 14.7. The van der Waals surface area contributed by atoms with Crippen molar-refractivity contribution < 1.29 is 17.9 Å². The standard InChI is InChI=1S/C27H27F3N6O/c1-37-21-7-5-17(6-8-21)16-36-24(22-11-14-33-26(31)34-22)23(35-25(36)18-9-12-32-13-10-18)19-3-2-4-20(15-19)27(28,29)30/h2-8,11,14-15,18,32H,9-10,12-13,16H2,1H3,(H2,31,33,34). The highest BCUT2D eigenvalue weighted by Crippen LogP contribution is 2.39. The van der Waals surface area contributed by atoms with Gasteiger partial charge in [-0.1, -0.05) is 24.3 Å². The first kappa shape index (κ1) is 24.8. The monoisotopic (exact) mass is 508 g/mol. The summed E-state index contributed by atoms with van der Waals surface area (Å²) in [4.78, 5) is 13.5. The molecular formula is C27H27F3N6O. The van der Waals surface area contributed by atoms with Gasteiger partial charge in [0.15, 0.2) is 0 Å². The van der Waals surface area contributed by atoms with E-state index in [0.29, 0.717) is 29.2 Å². The third kappa shape index (κ3) is 5.29. The molecular weight excluding hydrogens is 481 g/mol. The number of piperidine rings is 1. The van der Waals surface area contributed by atoms with Crippen LogP contribution in [0.15, 0.2) is 60.8 Å². The van der Waals surface area contributed by atoms with Crippen molar-refractivity contribution in [3.8, 4) is 28.4 Å². The fourth-order valence-electron chi connectivity index (χ4n) is 4.74. The van der Waals surface area contributed by atoms with Crippen LogP contribution in [0.4, 0.5) is 19.1 Å². The van der Waals surface area contributed by atoms with Crippen molar-refractivity contribution in [1.29, 1.82) is 0 Å². The third-order valence-corrected chi connectivity index (χ3v) is 6.58. The largest absolute Gasteiger partial charge is 0.497 e. The van der Waals surface area contributed by atoms with Gasteiger partial charge >= 0.3 is 6.18 Å². The summed E-state index contributed by atoms with van der Waals surface area (Å²) in [5.41, 5.74) is 8.10. The summed E-state index contributed by atoms with van der Waals surface area (Å²) in [7, 11) is 1.61. The molecule has 3 N–H and O–H groups in total. The minimum Gasteiger partial charge on any atom is -0.497 e. The molecule has 0 atom stereocenters. The highest BCUT2D eigenvalue weighted by atomic mass is 19.4. The highest BCUT2D eigenvalue weighted by Gasteiger charge is 2.32. The van der Waals surface area contributed by atoms with Crippen LogP contribution in [0.1, 0.15) is 35.7 Å². The molecule has 0 aliphatic carbocycles. The number of ether oxygens (including phenoxy) is 1. The number of alkyl halides is 3. The SMILES string of the molecule is COc1ccc(Cn2c(C3CCNCC3)nc(-c3cccc(C(F)(F)F)c3)c2-c2ccnc(N)n2)cc1. The Bertz CT molecular complexity index is 1380. The zero-order chi connectivity index (χ0) is 26.0. The van der Waals surface area contributed by atoms with Gasteiger partial charge < -0.3 is 20.4 Å². The molecule has 0 saturated carbocycles. The van der Waals surface area contributed by atoms with Crippen molar-refractivity contribution in [2.24, 2.45) is 0 Å². The van der Waals surface area contributed by atoms with Crippen molar-refractivity contribution in [3.05, 3.63) is 77.7 Å². The molecule has 1 aliphatic rings. The molecule has 3 heterocycles. The number of benzene rings is 2. The van der Waals surface area contributed by atoms with Gasteiger partial charge in [-0.05, 0) is 61.8 Å². The van der Waals surface area contributed by atoms with Crippen molar-refractivity contribution in [1.82, 2.24) is 24.8 Å². The van der Waals surface area contributed by atoms with Gasteiger partial charge in [0.1, 0.15) is 11.6 Å². The van der Waals surface area contributed by atoms with E-state index in [1.807, 2.05) is 24.3 Å². The van der Waals surface area contributed by atoms with Gasteiger partial charge in [-0.2, -0.15) is 13.2 Å². The first-order chi connectivity index (χ1) is 17.8. The molecule has 0 spiro atoms. The molecule has 2 aromatic carbocycles. The second-order valence-electron chi connectivity index (χ2n) is 9.00. The van der Waals surface area contributed by atoms with E-state index in [-0.39, 0.29) is 11.9 Å². The Balaban J connectivity index is 1.73. The zero-order valence-electron chi connectivity index (χ0n) is 20.3. The molecule has 7 nitrogen and oxygen atoms in total. The molecule has 1 aliphatic heterocycles. The van der Waals surface area contributed by atoms with Gasteiger partial charge in [-0.3, -0.25) is 0 Å². The van der Waals surface area contributed by atoms with Crippen molar-refractivity contribution in [2.45, 2.75) is 31.5 Å². The number of nitrogens with one attached hydrogen (secondary N) is 1. The quantitative estimate of drug-likeness (QED) is 0.375. The average Bonchev–Trinajstić information content (AvgIpc) is 3.28. The summed E-state index contributed by atoms with van der Waals surface area (Å²) in [6.07, 6.45) is -1.19. The van der Waals surface area contributed by atoms with Crippen LogP contribution in [0.25, 0.3) is 22.6 Å². The van der Waals surface area contributed by atoms with E-state index in [1.165, 1.54) is 6.07 Å². The number of hydrogen-bond acceptors (Lipinski definition) is 6. The van der Waals surface area contributed by atoms with E-state index in [1.54, 1.807) is 25.4 Å². The number of nitrogens with zero attached hydrogens (tertiary/aromatic N) is 4. The molecule has 2 aromatic heterocycles. The normalized spacial score (nSPS) is 14.6. The van der Waals surface area contributed by atoms with Crippen LogP contribution in [0.2, 0.25) is 0 Å². The van der Waals surface area contributed by atoms with Crippen molar-refractivity contribution in [2.75, 3.05) is 25.9 Å². The van der Waals surface area contributed by atoms with Gasteiger partial charge in [-0.25, -0.2) is 15.0 Å². The molecule has 5 rings (SSSR count). The van der Waals surface area contributed by atoms with E-state index in [4.69, 9.17) is 15.5 Å². The van der Waals surface area contributed by atoms with Gasteiger partial charge in [0.05, 0.1) is 29.8 Å². The third-order valence-electron chi connectivity index (χ3n) is 6.58.